The van der Waals surface area contributed by atoms with Gasteiger partial charge in [-0.1, -0.05) is 13.8 Å². The molecule has 1 aromatic rings. The molecular weight excluding hydrogens is 242 g/mol. The smallest absolute Gasteiger partial charge is 0.291 e. The highest BCUT2D eigenvalue weighted by Crippen LogP contribution is 2.29. The molecule has 1 rings (SSSR count). The Morgan fingerprint density at radius 1 is 1.42 bits per heavy atom. The van der Waals surface area contributed by atoms with Crippen LogP contribution >= 0.6 is 0 Å². The van der Waals surface area contributed by atoms with Gasteiger partial charge in [0.2, 0.25) is 0 Å². The molecule has 0 aliphatic rings. The zero-order chi connectivity index (χ0) is 14.4. The van der Waals surface area contributed by atoms with Crippen molar-refractivity contribution in [2.24, 2.45) is 0 Å². The van der Waals surface area contributed by atoms with Crippen molar-refractivity contribution >= 4 is 5.69 Å². The van der Waals surface area contributed by atoms with Crippen molar-refractivity contribution in [2.45, 2.75) is 52.5 Å². The largest absolute Gasteiger partial charge is 0.314 e. The second kappa shape index (κ2) is 7.19. The van der Waals surface area contributed by atoms with E-state index in [1.54, 1.807) is 12.1 Å². The van der Waals surface area contributed by atoms with Gasteiger partial charge in [-0.25, -0.2) is 0 Å². The Balaban J connectivity index is 3.09. The average molecular weight is 265 g/mol. The number of rotatable bonds is 7. The maximum atomic E-state index is 11.1. The third-order valence-electron chi connectivity index (χ3n) is 3.35. The predicted octanol–water partition coefficient (Wildman–Crippen LogP) is 3.18. The molecular formula is C14H23N3O2. The van der Waals surface area contributed by atoms with Gasteiger partial charge in [-0.05, 0) is 39.3 Å². The van der Waals surface area contributed by atoms with E-state index in [0.29, 0.717) is 5.69 Å². The molecule has 106 valence electrons. The molecule has 0 spiro atoms. The molecule has 2 atom stereocenters. The monoisotopic (exact) mass is 265 g/mol. The molecule has 2 unspecified atom stereocenters. The minimum absolute atomic E-state index is 0.0619. The third kappa shape index (κ3) is 3.99. The first kappa shape index (κ1) is 15.6. The summed E-state index contributed by atoms with van der Waals surface area (Å²) >= 11 is 0. The summed E-state index contributed by atoms with van der Waals surface area (Å²) in [4.78, 5) is 15.2. The van der Waals surface area contributed by atoms with Crippen LogP contribution in [0.3, 0.4) is 0 Å². The van der Waals surface area contributed by atoms with Crippen molar-refractivity contribution in [1.82, 2.24) is 10.3 Å². The van der Waals surface area contributed by atoms with Crippen LogP contribution in [0.15, 0.2) is 12.1 Å². The topological polar surface area (TPSA) is 68.1 Å². The van der Waals surface area contributed by atoms with Crippen molar-refractivity contribution < 1.29 is 4.92 Å². The van der Waals surface area contributed by atoms with Crippen LogP contribution in [0.1, 0.15) is 50.9 Å². The lowest BCUT2D eigenvalue weighted by Gasteiger charge is -2.23. The van der Waals surface area contributed by atoms with Gasteiger partial charge in [0.05, 0.1) is 4.92 Å². The van der Waals surface area contributed by atoms with Gasteiger partial charge in [0.1, 0.15) is 5.69 Å². The fourth-order valence-corrected chi connectivity index (χ4v) is 2.29. The number of nitro groups is 1. The number of nitrogens with zero attached hydrogens (tertiary/aromatic N) is 2. The molecule has 0 radical (unpaired) electrons. The van der Waals surface area contributed by atoms with E-state index in [0.717, 1.165) is 25.1 Å². The van der Waals surface area contributed by atoms with Crippen LogP contribution in [0.2, 0.25) is 0 Å². The average Bonchev–Trinajstić information content (AvgIpc) is 2.37. The van der Waals surface area contributed by atoms with E-state index in [1.807, 2.05) is 13.8 Å². The molecule has 1 heterocycles. The third-order valence-corrected chi connectivity index (χ3v) is 3.35. The molecule has 0 saturated carbocycles. The van der Waals surface area contributed by atoms with Gasteiger partial charge in [0.25, 0.3) is 5.69 Å². The fraction of sp³-hybridized carbons (Fsp3) is 0.643. The molecule has 1 N–H and O–H groups in total. The number of hydrogen-bond acceptors (Lipinski definition) is 4. The Hall–Kier alpha value is -1.49. The number of pyridine rings is 1. The van der Waals surface area contributed by atoms with Crippen molar-refractivity contribution in [3.63, 3.8) is 0 Å². The number of nitrogens with one attached hydrogen (secondary N) is 1. The number of aromatic nitrogens is 1. The summed E-state index contributed by atoms with van der Waals surface area (Å²) < 4.78 is 0. The van der Waals surface area contributed by atoms with Gasteiger partial charge >= 0.3 is 0 Å². The Labute approximate surface area is 114 Å². The van der Waals surface area contributed by atoms with Gasteiger partial charge in [-0.15, -0.1) is 0 Å². The van der Waals surface area contributed by atoms with E-state index in [9.17, 15) is 10.1 Å². The summed E-state index contributed by atoms with van der Waals surface area (Å²) in [5.41, 5.74) is 1.55. The van der Waals surface area contributed by atoms with Crippen LogP contribution in [0.5, 0.6) is 0 Å². The highest BCUT2D eigenvalue weighted by molar-refractivity contribution is 5.39. The normalized spacial score (nSPS) is 14.1. The highest BCUT2D eigenvalue weighted by Gasteiger charge is 2.26. The molecule has 1 aromatic heterocycles. The Morgan fingerprint density at radius 3 is 2.63 bits per heavy atom. The maximum Gasteiger partial charge on any atom is 0.291 e. The van der Waals surface area contributed by atoms with Crippen molar-refractivity contribution in [3.8, 4) is 0 Å². The lowest BCUT2D eigenvalue weighted by molar-refractivity contribution is -0.386. The van der Waals surface area contributed by atoms with Crippen molar-refractivity contribution in [2.75, 3.05) is 6.54 Å². The van der Waals surface area contributed by atoms with E-state index in [-0.39, 0.29) is 22.6 Å². The summed E-state index contributed by atoms with van der Waals surface area (Å²) in [6, 6.07) is 3.43. The van der Waals surface area contributed by atoms with E-state index in [4.69, 9.17) is 0 Å². The summed E-state index contributed by atoms with van der Waals surface area (Å²) in [5.74, 6) is 0.0619. The molecule has 0 aromatic carbocycles. The van der Waals surface area contributed by atoms with Crippen LogP contribution in [-0.4, -0.2) is 22.5 Å². The van der Waals surface area contributed by atoms with Gasteiger partial charge in [-0.3, -0.25) is 15.1 Å². The Kier molecular flexibility index (Phi) is 5.89. The molecule has 5 nitrogen and oxygen atoms in total. The fourth-order valence-electron chi connectivity index (χ4n) is 2.29. The molecule has 0 bridgehead atoms. The van der Waals surface area contributed by atoms with Gasteiger partial charge < -0.3 is 5.32 Å². The van der Waals surface area contributed by atoms with E-state index >= 15 is 0 Å². The lowest BCUT2D eigenvalue weighted by atomic mass is 9.92. The summed E-state index contributed by atoms with van der Waals surface area (Å²) in [7, 11) is 0. The molecule has 0 amide bonds. The first-order chi connectivity index (χ1) is 9.01. The minimum atomic E-state index is -0.336. The van der Waals surface area contributed by atoms with Crippen LogP contribution in [-0.2, 0) is 0 Å². The van der Waals surface area contributed by atoms with Gasteiger partial charge in [0, 0.05) is 23.7 Å². The van der Waals surface area contributed by atoms with Gasteiger partial charge in [0.15, 0.2) is 0 Å². The quantitative estimate of drug-likeness (QED) is 0.607. The standard InChI is InChI=1S/C14H23N3O2/c1-5-9-15-11(4)12(6-2)14-13(17(18)19)8-7-10(3)16-14/h7-8,11-12,15H,5-6,9H2,1-4H3. The van der Waals surface area contributed by atoms with E-state index < -0.39 is 0 Å². The molecule has 19 heavy (non-hydrogen) atoms. The zero-order valence-corrected chi connectivity index (χ0v) is 12.1. The van der Waals surface area contributed by atoms with E-state index in [1.165, 1.54) is 0 Å². The lowest BCUT2D eigenvalue weighted by Crippen LogP contribution is -2.33. The second-order valence-corrected chi connectivity index (χ2v) is 4.87. The molecule has 0 aliphatic heterocycles. The Morgan fingerprint density at radius 2 is 2.11 bits per heavy atom. The molecule has 0 aliphatic carbocycles. The molecule has 5 heteroatoms. The zero-order valence-electron chi connectivity index (χ0n) is 12.1. The molecule has 0 fully saturated rings. The van der Waals surface area contributed by atoms with Crippen LogP contribution in [0.25, 0.3) is 0 Å². The second-order valence-electron chi connectivity index (χ2n) is 4.87. The van der Waals surface area contributed by atoms with Crippen LogP contribution < -0.4 is 5.32 Å². The van der Waals surface area contributed by atoms with Crippen molar-refractivity contribution in [3.05, 3.63) is 33.6 Å². The number of aryl methyl sites for hydroxylation is 1. The van der Waals surface area contributed by atoms with Crippen LogP contribution in [0.4, 0.5) is 5.69 Å². The summed E-state index contributed by atoms with van der Waals surface area (Å²) in [6.45, 7) is 9.00. The highest BCUT2D eigenvalue weighted by atomic mass is 16.6. The van der Waals surface area contributed by atoms with Crippen LogP contribution in [0, 0.1) is 17.0 Å². The van der Waals surface area contributed by atoms with Crippen molar-refractivity contribution in [1.29, 1.82) is 0 Å². The van der Waals surface area contributed by atoms with Gasteiger partial charge in [-0.2, -0.15) is 0 Å². The first-order valence-corrected chi connectivity index (χ1v) is 6.86. The maximum absolute atomic E-state index is 11.1. The SMILES string of the molecule is CCCNC(C)C(CC)c1nc(C)ccc1[N+](=O)[O-]. The minimum Gasteiger partial charge on any atom is -0.314 e. The number of hydrogen-bond donors (Lipinski definition) is 1. The summed E-state index contributed by atoms with van der Waals surface area (Å²) in [5, 5.41) is 14.5. The first-order valence-electron chi connectivity index (χ1n) is 6.86. The Bertz CT molecular complexity index is 435. The van der Waals surface area contributed by atoms with E-state index in [2.05, 4.69) is 24.1 Å². The summed E-state index contributed by atoms with van der Waals surface area (Å²) in [6.07, 6.45) is 1.87. The predicted molar refractivity (Wildman–Crippen MR) is 76.4 cm³/mol. The molecule has 0 saturated heterocycles.